The number of hydrogen-bond donors (Lipinski definition) is 0. The Kier molecular flexibility index (Phi) is 4.09. The first-order valence-electron chi connectivity index (χ1n) is 10.4. The molecular formula is C23H23N5O3. The zero-order chi connectivity index (χ0) is 22.1. The lowest BCUT2D eigenvalue weighted by molar-refractivity contribution is -0.137. The van der Waals surface area contributed by atoms with Gasteiger partial charge in [-0.3, -0.25) is 9.59 Å². The molecule has 3 aliphatic rings. The molecule has 0 radical (unpaired) electrons. The number of urea groups is 1. The third-order valence-electron chi connectivity index (χ3n) is 6.39. The molecule has 1 aromatic heterocycles. The number of nitrogens with zero attached hydrogens (tertiary/aromatic N) is 5. The Bertz CT molecular complexity index is 1180. The molecule has 3 saturated heterocycles. The molecule has 5 rings (SSSR count). The molecule has 3 fully saturated rings. The largest absolute Gasteiger partial charge is 0.335 e. The van der Waals surface area contributed by atoms with E-state index in [1.165, 1.54) is 11.1 Å². The highest BCUT2D eigenvalue weighted by Crippen LogP contribution is 2.44. The Labute approximate surface area is 180 Å². The second kappa shape index (κ2) is 6.51. The zero-order valence-corrected chi connectivity index (χ0v) is 17.7. The molecule has 0 aliphatic carbocycles. The second-order valence-corrected chi connectivity index (χ2v) is 9.70. The molecule has 3 aliphatic heterocycles. The molecule has 4 amide bonds. The summed E-state index contributed by atoms with van der Waals surface area (Å²) in [6, 6.07) is 7.71. The lowest BCUT2D eigenvalue weighted by atomic mass is 9.91. The first-order chi connectivity index (χ1) is 14.7. The number of likely N-dealkylation sites (tertiary alicyclic amines) is 1. The van der Waals surface area contributed by atoms with Crippen molar-refractivity contribution in [3.63, 3.8) is 0 Å². The van der Waals surface area contributed by atoms with Crippen molar-refractivity contribution in [3.8, 4) is 6.07 Å². The SMILES string of the molecule is CC(C)(C)CC(=O)N1C[C@H]2CC1[C@@H]1C(=O)N(c3cnc(C#N)c4ccccc34)C(=O)N21. The standard InChI is InChI=1S/C23H23N5O3/c1-23(2,3)9-19(29)26-12-13-8-17(26)20-21(30)28(22(31)27(13)20)18-11-25-16(10-24)14-6-4-5-7-15(14)18/h4-7,11,13,17,20H,8-9,12H2,1-3H3/t13-,17?,20-/m1/s1. The summed E-state index contributed by atoms with van der Waals surface area (Å²) in [7, 11) is 0. The van der Waals surface area contributed by atoms with Gasteiger partial charge in [-0.05, 0) is 11.8 Å². The van der Waals surface area contributed by atoms with Crippen molar-refractivity contribution < 1.29 is 14.4 Å². The topological polar surface area (TPSA) is 97.6 Å². The quantitative estimate of drug-likeness (QED) is 0.700. The number of carbonyl (C=O) groups excluding carboxylic acids is 3. The highest BCUT2D eigenvalue weighted by atomic mass is 16.2. The van der Waals surface area contributed by atoms with Crippen molar-refractivity contribution >= 4 is 34.3 Å². The smallest absolute Gasteiger partial charge is 0.332 e. The fourth-order valence-electron chi connectivity index (χ4n) is 5.17. The van der Waals surface area contributed by atoms with Crippen LogP contribution in [-0.4, -0.2) is 57.3 Å². The van der Waals surface area contributed by atoms with Gasteiger partial charge in [0.15, 0.2) is 0 Å². The summed E-state index contributed by atoms with van der Waals surface area (Å²) < 4.78 is 0. The van der Waals surface area contributed by atoms with E-state index in [9.17, 15) is 19.6 Å². The predicted molar refractivity (Wildman–Crippen MR) is 113 cm³/mol. The molecular weight excluding hydrogens is 394 g/mol. The van der Waals surface area contributed by atoms with E-state index >= 15 is 0 Å². The van der Waals surface area contributed by atoms with E-state index in [0.29, 0.717) is 35.8 Å². The summed E-state index contributed by atoms with van der Waals surface area (Å²) in [6.07, 6.45) is 2.46. The monoisotopic (exact) mass is 417 g/mol. The Hall–Kier alpha value is -3.47. The van der Waals surface area contributed by atoms with Crippen LogP contribution in [-0.2, 0) is 9.59 Å². The second-order valence-electron chi connectivity index (χ2n) is 9.70. The summed E-state index contributed by atoms with van der Waals surface area (Å²) in [5.41, 5.74) is 0.483. The van der Waals surface area contributed by atoms with Gasteiger partial charge in [-0.2, -0.15) is 5.26 Å². The van der Waals surface area contributed by atoms with Crippen molar-refractivity contribution in [3.05, 3.63) is 36.2 Å². The number of aromatic nitrogens is 1. The Morgan fingerprint density at radius 1 is 1.23 bits per heavy atom. The maximum Gasteiger partial charge on any atom is 0.332 e. The number of amides is 4. The highest BCUT2D eigenvalue weighted by molar-refractivity contribution is 6.25. The molecule has 8 nitrogen and oxygen atoms in total. The summed E-state index contributed by atoms with van der Waals surface area (Å²) in [6.45, 7) is 6.51. The average molecular weight is 417 g/mol. The van der Waals surface area contributed by atoms with Crippen molar-refractivity contribution in [1.29, 1.82) is 5.26 Å². The van der Waals surface area contributed by atoms with Crippen LogP contribution in [0.1, 0.15) is 39.3 Å². The fraction of sp³-hybridized carbons (Fsp3) is 0.435. The molecule has 2 bridgehead atoms. The van der Waals surface area contributed by atoms with Gasteiger partial charge in [0.1, 0.15) is 17.8 Å². The van der Waals surface area contributed by atoms with E-state index in [4.69, 9.17) is 0 Å². The zero-order valence-electron chi connectivity index (χ0n) is 17.7. The minimum atomic E-state index is -0.662. The van der Waals surface area contributed by atoms with Crippen LogP contribution in [0.5, 0.6) is 0 Å². The lowest BCUT2D eigenvalue weighted by Gasteiger charge is -2.36. The number of nitriles is 1. The highest BCUT2D eigenvalue weighted by Gasteiger charge is 2.63. The molecule has 2 aromatic rings. The van der Waals surface area contributed by atoms with Gasteiger partial charge in [0.25, 0.3) is 5.91 Å². The van der Waals surface area contributed by atoms with E-state index in [1.54, 1.807) is 34.1 Å². The lowest BCUT2D eigenvalue weighted by Crippen LogP contribution is -2.55. The number of pyridine rings is 1. The van der Waals surface area contributed by atoms with Gasteiger partial charge < -0.3 is 9.80 Å². The van der Waals surface area contributed by atoms with Crippen LogP contribution in [0.3, 0.4) is 0 Å². The third-order valence-corrected chi connectivity index (χ3v) is 6.39. The molecule has 4 heterocycles. The molecule has 0 spiro atoms. The number of piperazine rings is 1. The summed E-state index contributed by atoms with van der Waals surface area (Å²) in [4.78, 5) is 48.5. The van der Waals surface area contributed by atoms with E-state index in [-0.39, 0.29) is 41.0 Å². The molecule has 1 aromatic carbocycles. The maximum absolute atomic E-state index is 13.5. The van der Waals surface area contributed by atoms with Crippen molar-refractivity contribution in [2.75, 3.05) is 11.4 Å². The number of anilines is 1. The van der Waals surface area contributed by atoms with Gasteiger partial charge in [0, 0.05) is 23.7 Å². The summed E-state index contributed by atoms with van der Waals surface area (Å²) in [5, 5.41) is 10.6. The maximum atomic E-state index is 13.5. The number of fused-ring (bicyclic) bond motifs is 6. The average Bonchev–Trinajstić information content (AvgIpc) is 3.38. The van der Waals surface area contributed by atoms with Gasteiger partial charge in [0.2, 0.25) is 5.91 Å². The normalized spacial score (nSPS) is 24.8. The first-order valence-corrected chi connectivity index (χ1v) is 10.4. The fourth-order valence-corrected chi connectivity index (χ4v) is 5.17. The molecule has 1 unspecified atom stereocenters. The van der Waals surface area contributed by atoms with Crippen molar-refractivity contribution in [2.24, 2.45) is 5.41 Å². The Balaban J connectivity index is 1.51. The first kappa shape index (κ1) is 19.5. The van der Waals surface area contributed by atoms with Gasteiger partial charge in [0.05, 0.1) is 24.0 Å². The summed E-state index contributed by atoms with van der Waals surface area (Å²) in [5.74, 6) is -0.300. The van der Waals surface area contributed by atoms with E-state index in [1.807, 2.05) is 20.8 Å². The Morgan fingerprint density at radius 3 is 2.61 bits per heavy atom. The molecule has 3 atom stereocenters. The van der Waals surface area contributed by atoms with Crippen LogP contribution in [0.2, 0.25) is 0 Å². The number of carbonyl (C=O) groups is 3. The molecule has 8 heteroatoms. The van der Waals surface area contributed by atoms with Crippen LogP contribution in [0.25, 0.3) is 10.8 Å². The van der Waals surface area contributed by atoms with Gasteiger partial charge in [-0.25, -0.2) is 14.7 Å². The van der Waals surface area contributed by atoms with Crippen LogP contribution in [0.4, 0.5) is 10.5 Å². The molecule has 158 valence electrons. The molecule has 0 saturated carbocycles. The van der Waals surface area contributed by atoms with Gasteiger partial charge >= 0.3 is 6.03 Å². The molecule has 0 N–H and O–H groups in total. The van der Waals surface area contributed by atoms with Crippen LogP contribution >= 0.6 is 0 Å². The van der Waals surface area contributed by atoms with Crippen molar-refractivity contribution in [1.82, 2.24) is 14.8 Å². The van der Waals surface area contributed by atoms with E-state index < -0.39 is 6.04 Å². The van der Waals surface area contributed by atoms with Gasteiger partial charge in [-0.1, -0.05) is 45.0 Å². The Morgan fingerprint density at radius 2 is 1.94 bits per heavy atom. The predicted octanol–water partition coefficient (Wildman–Crippen LogP) is 2.66. The number of hydrogen-bond acceptors (Lipinski definition) is 5. The van der Waals surface area contributed by atoms with E-state index in [0.717, 1.165) is 0 Å². The van der Waals surface area contributed by atoms with Crippen LogP contribution in [0.15, 0.2) is 30.5 Å². The van der Waals surface area contributed by atoms with Crippen molar-refractivity contribution in [2.45, 2.75) is 51.7 Å². The number of rotatable bonds is 2. The number of imide groups is 1. The van der Waals surface area contributed by atoms with Gasteiger partial charge in [-0.15, -0.1) is 0 Å². The van der Waals surface area contributed by atoms with Crippen LogP contribution < -0.4 is 4.90 Å². The third kappa shape index (κ3) is 2.80. The summed E-state index contributed by atoms with van der Waals surface area (Å²) >= 11 is 0. The minimum Gasteiger partial charge on any atom is -0.335 e. The molecule has 31 heavy (non-hydrogen) atoms. The van der Waals surface area contributed by atoms with Crippen LogP contribution in [0, 0.1) is 16.7 Å². The number of benzene rings is 1. The minimum absolute atomic E-state index is 0.0313. The van der Waals surface area contributed by atoms with E-state index in [2.05, 4.69) is 11.1 Å².